The van der Waals surface area contributed by atoms with E-state index in [4.69, 9.17) is 9.47 Å². The lowest BCUT2D eigenvalue weighted by Gasteiger charge is -2.17. The lowest BCUT2D eigenvalue weighted by atomic mass is 10.3. The van der Waals surface area contributed by atoms with Crippen LogP contribution in [0.3, 0.4) is 0 Å². The molecule has 3 N–H and O–H groups in total. The quantitative estimate of drug-likeness (QED) is 0.347. The Labute approximate surface area is 141 Å². The second-order valence-electron chi connectivity index (χ2n) is 5.04. The summed E-state index contributed by atoms with van der Waals surface area (Å²) in [5.41, 5.74) is 0. The first-order valence-electron chi connectivity index (χ1n) is 7.67. The predicted molar refractivity (Wildman–Crippen MR) is 90.7 cm³/mol. The zero-order chi connectivity index (χ0) is 17.8. The van der Waals surface area contributed by atoms with Gasteiger partial charge in [-0.15, -0.1) is 0 Å². The van der Waals surface area contributed by atoms with Crippen LogP contribution in [0.1, 0.15) is 6.92 Å². The highest BCUT2D eigenvalue weighted by atomic mass is 19.1. The van der Waals surface area contributed by atoms with Crippen LogP contribution in [0.15, 0.2) is 29.3 Å². The first-order valence-corrected chi connectivity index (χ1v) is 7.67. The number of amides is 1. The molecule has 1 aromatic rings. The summed E-state index contributed by atoms with van der Waals surface area (Å²) in [4.78, 5) is 15.6. The average Bonchev–Trinajstić information content (AvgIpc) is 2.55. The van der Waals surface area contributed by atoms with Gasteiger partial charge in [0.2, 0.25) is 5.91 Å². The van der Waals surface area contributed by atoms with Gasteiger partial charge < -0.3 is 25.4 Å². The summed E-state index contributed by atoms with van der Waals surface area (Å²) in [6.07, 6.45) is -0.208. The van der Waals surface area contributed by atoms with Crippen LogP contribution in [0.2, 0.25) is 0 Å². The van der Waals surface area contributed by atoms with Crippen LogP contribution in [-0.4, -0.2) is 58.4 Å². The normalized spacial score (nSPS) is 12.4. The van der Waals surface area contributed by atoms with Crippen molar-refractivity contribution in [2.24, 2.45) is 4.99 Å². The molecular weight excluding hydrogens is 315 g/mol. The predicted octanol–water partition coefficient (Wildman–Crippen LogP) is 0.521. The Morgan fingerprint density at radius 2 is 2.12 bits per heavy atom. The van der Waals surface area contributed by atoms with Crippen molar-refractivity contribution in [2.45, 2.75) is 13.0 Å². The maximum Gasteiger partial charge on any atom is 0.239 e. The number of guanidine groups is 1. The lowest BCUT2D eigenvalue weighted by Crippen LogP contribution is -2.45. The van der Waals surface area contributed by atoms with E-state index in [1.165, 1.54) is 12.1 Å². The molecule has 0 aliphatic carbocycles. The summed E-state index contributed by atoms with van der Waals surface area (Å²) < 4.78 is 23.6. The first-order chi connectivity index (χ1) is 11.5. The Morgan fingerprint density at radius 3 is 2.79 bits per heavy atom. The van der Waals surface area contributed by atoms with Crippen molar-refractivity contribution in [3.05, 3.63) is 30.1 Å². The molecule has 0 saturated carbocycles. The van der Waals surface area contributed by atoms with Crippen LogP contribution in [-0.2, 0) is 9.53 Å². The van der Waals surface area contributed by atoms with Crippen molar-refractivity contribution < 1.29 is 18.7 Å². The number of nitrogens with zero attached hydrogens (tertiary/aromatic N) is 1. The molecule has 0 bridgehead atoms. The van der Waals surface area contributed by atoms with Crippen molar-refractivity contribution >= 4 is 11.9 Å². The van der Waals surface area contributed by atoms with Crippen molar-refractivity contribution in [3.8, 4) is 5.75 Å². The maximum atomic E-state index is 13.1. The van der Waals surface area contributed by atoms with Gasteiger partial charge in [-0.3, -0.25) is 9.79 Å². The molecule has 1 atom stereocenters. The second-order valence-corrected chi connectivity index (χ2v) is 5.04. The van der Waals surface area contributed by atoms with Crippen molar-refractivity contribution in [2.75, 3.05) is 40.4 Å². The van der Waals surface area contributed by atoms with Gasteiger partial charge in [-0.05, 0) is 19.1 Å². The minimum absolute atomic E-state index is 0.0997. The Kier molecular flexibility index (Phi) is 9.21. The number of rotatable bonds is 9. The molecule has 8 heteroatoms. The van der Waals surface area contributed by atoms with E-state index >= 15 is 0 Å². The molecule has 0 aliphatic rings. The second kappa shape index (κ2) is 11.2. The smallest absolute Gasteiger partial charge is 0.239 e. The SMILES string of the molecule is CN=C(NCC(=O)NCCOC)NCC(C)Oc1cccc(F)c1. The van der Waals surface area contributed by atoms with Gasteiger partial charge in [0.25, 0.3) is 0 Å². The lowest BCUT2D eigenvalue weighted by molar-refractivity contribution is -0.120. The molecule has 0 spiro atoms. The van der Waals surface area contributed by atoms with Crippen LogP contribution in [0.5, 0.6) is 5.75 Å². The molecule has 7 nitrogen and oxygen atoms in total. The van der Waals surface area contributed by atoms with Gasteiger partial charge in [0.05, 0.1) is 19.7 Å². The summed E-state index contributed by atoms with van der Waals surface area (Å²) >= 11 is 0. The Bertz CT molecular complexity index is 540. The van der Waals surface area contributed by atoms with Gasteiger partial charge in [0, 0.05) is 26.8 Å². The number of ether oxygens (including phenoxy) is 2. The maximum absolute atomic E-state index is 13.1. The van der Waals surface area contributed by atoms with Crippen molar-refractivity contribution in [1.82, 2.24) is 16.0 Å². The molecule has 1 rings (SSSR count). The zero-order valence-electron chi connectivity index (χ0n) is 14.3. The molecule has 0 fully saturated rings. The Hall–Kier alpha value is -2.35. The zero-order valence-corrected chi connectivity index (χ0v) is 14.3. The fraction of sp³-hybridized carbons (Fsp3) is 0.500. The van der Waals surface area contributed by atoms with Gasteiger partial charge in [-0.25, -0.2) is 4.39 Å². The summed E-state index contributed by atoms with van der Waals surface area (Å²) in [6.45, 7) is 3.32. The number of benzene rings is 1. The van der Waals surface area contributed by atoms with E-state index in [0.29, 0.717) is 31.4 Å². The van der Waals surface area contributed by atoms with E-state index in [2.05, 4.69) is 20.9 Å². The van der Waals surface area contributed by atoms with E-state index in [0.717, 1.165) is 0 Å². The third-order valence-corrected chi connectivity index (χ3v) is 2.96. The minimum Gasteiger partial charge on any atom is -0.489 e. The topological polar surface area (TPSA) is 84.0 Å². The minimum atomic E-state index is -0.343. The Morgan fingerprint density at radius 1 is 1.33 bits per heavy atom. The number of aliphatic imine (C=N–C) groups is 1. The number of methoxy groups -OCH3 is 1. The highest BCUT2D eigenvalue weighted by molar-refractivity contribution is 5.86. The van der Waals surface area contributed by atoms with E-state index < -0.39 is 0 Å². The van der Waals surface area contributed by atoms with E-state index in [1.54, 1.807) is 26.3 Å². The largest absolute Gasteiger partial charge is 0.489 e. The van der Waals surface area contributed by atoms with Gasteiger partial charge >= 0.3 is 0 Å². The molecule has 134 valence electrons. The van der Waals surface area contributed by atoms with E-state index in [9.17, 15) is 9.18 Å². The number of hydrogen-bond donors (Lipinski definition) is 3. The number of hydrogen-bond acceptors (Lipinski definition) is 4. The van der Waals surface area contributed by atoms with Gasteiger partial charge in [0.1, 0.15) is 17.7 Å². The monoisotopic (exact) mass is 340 g/mol. The van der Waals surface area contributed by atoms with Crippen LogP contribution in [0.4, 0.5) is 4.39 Å². The molecular formula is C16H25FN4O3. The van der Waals surface area contributed by atoms with Crippen LogP contribution < -0.4 is 20.7 Å². The summed E-state index contributed by atoms with van der Waals surface area (Å²) in [5.74, 6) is 0.444. The van der Waals surface area contributed by atoms with Gasteiger partial charge in [-0.1, -0.05) is 6.07 Å². The fourth-order valence-corrected chi connectivity index (χ4v) is 1.79. The molecule has 0 heterocycles. The van der Waals surface area contributed by atoms with Crippen molar-refractivity contribution in [3.63, 3.8) is 0 Å². The number of halogens is 1. The molecule has 24 heavy (non-hydrogen) atoms. The Balaban J connectivity index is 2.29. The van der Waals surface area contributed by atoms with Crippen molar-refractivity contribution in [1.29, 1.82) is 0 Å². The van der Waals surface area contributed by atoms with Crippen LogP contribution >= 0.6 is 0 Å². The highest BCUT2D eigenvalue weighted by Gasteiger charge is 2.07. The average molecular weight is 340 g/mol. The van der Waals surface area contributed by atoms with E-state index in [-0.39, 0.29) is 24.4 Å². The third-order valence-electron chi connectivity index (χ3n) is 2.96. The number of carbonyl (C=O) groups excluding carboxylic acids is 1. The van der Waals surface area contributed by atoms with E-state index in [1.807, 2.05) is 6.92 Å². The highest BCUT2D eigenvalue weighted by Crippen LogP contribution is 2.13. The fourth-order valence-electron chi connectivity index (χ4n) is 1.79. The first kappa shape index (κ1) is 19.7. The molecule has 0 radical (unpaired) electrons. The third kappa shape index (κ3) is 8.33. The molecule has 1 aromatic carbocycles. The van der Waals surface area contributed by atoms with Crippen LogP contribution in [0, 0.1) is 5.82 Å². The van der Waals surface area contributed by atoms with Gasteiger partial charge in [0.15, 0.2) is 5.96 Å². The number of carbonyl (C=O) groups is 1. The molecule has 0 saturated heterocycles. The standard InChI is InChI=1S/C16H25FN4O3/c1-12(24-14-6-4-5-13(17)9-14)10-20-16(18-2)21-11-15(22)19-7-8-23-3/h4-6,9,12H,7-8,10-11H2,1-3H3,(H,19,22)(H2,18,20,21). The van der Waals surface area contributed by atoms with Gasteiger partial charge in [-0.2, -0.15) is 0 Å². The van der Waals surface area contributed by atoms with Crippen LogP contribution in [0.25, 0.3) is 0 Å². The molecule has 1 amide bonds. The molecule has 1 unspecified atom stereocenters. The summed E-state index contributed by atoms with van der Waals surface area (Å²) in [5, 5.41) is 8.63. The summed E-state index contributed by atoms with van der Waals surface area (Å²) in [7, 11) is 3.18. The number of nitrogens with one attached hydrogen (secondary N) is 3. The molecule has 0 aliphatic heterocycles. The molecule has 0 aromatic heterocycles. The summed E-state index contributed by atoms with van der Waals surface area (Å²) in [6, 6.07) is 5.97.